The molecule has 0 atom stereocenters. The highest BCUT2D eigenvalue weighted by Gasteiger charge is 2.20. The van der Waals surface area contributed by atoms with Gasteiger partial charge < -0.3 is 5.32 Å². The first-order valence-corrected chi connectivity index (χ1v) is 11.3. The maximum atomic E-state index is 3.70. The molecular weight excluding hydrogens is 334 g/mol. The molecule has 2 aromatic carbocycles. The van der Waals surface area contributed by atoms with Crippen LogP contribution in [0.3, 0.4) is 0 Å². The van der Waals surface area contributed by atoms with Gasteiger partial charge in [0.05, 0.1) is 11.4 Å². The molecule has 1 aliphatic heterocycles. The molecular formula is C24H33NS. The third kappa shape index (κ3) is 4.85. The quantitative estimate of drug-likeness (QED) is 0.363. The minimum atomic E-state index is 1.20. The van der Waals surface area contributed by atoms with Crippen molar-refractivity contribution in [1.82, 2.24) is 0 Å². The SMILES string of the molecule is CCCCCCc1cccc2c1Sc1c(CCCCCC)cccc1N2. The van der Waals surface area contributed by atoms with E-state index in [1.54, 1.807) is 0 Å². The molecule has 0 saturated heterocycles. The lowest BCUT2D eigenvalue weighted by Crippen LogP contribution is -2.05. The predicted octanol–water partition coefficient (Wildman–Crippen LogP) is 8.14. The van der Waals surface area contributed by atoms with E-state index in [9.17, 15) is 0 Å². The van der Waals surface area contributed by atoms with Gasteiger partial charge in [-0.2, -0.15) is 0 Å². The van der Waals surface area contributed by atoms with E-state index in [1.807, 2.05) is 11.8 Å². The smallest absolute Gasteiger partial charge is 0.0529 e. The van der Waals surface area contributed by atoms with Crippen LogP contribution in [0.25, 0.3) is 0 Å². The van der Waals surface area contributed by atoms with Crippen molar-refractivity contribution in [2.45, 2.75) is 87.8 Å². The van der Waals surface area contributed by atoms with Crippen LogP contribution >= 0.6 is 11.8 Å². The van der Waals surface area contributed by atoms with Crippen LogP contribution < -0.4 is 5.32 Å². The summed E-state index contributed by atoms with van der Waals surface area (Å²) in [6.45, 7) is 4.56. The van der Waals surface area contributed by atoms with Crippen LogP contribution in [0.5, 0.6) is 0 Å². The number of hydrogen-bond donors (Lipinski definition) is 1. The number of benzene rings is 2. The highest BCUT2D eigenvalue weighted by atomic mass is 32.2. The van der Waals surface area contributed by atoms with E-state index in [0.717, 1.165) is 0 Å². The standard InChI is InChI=1S/C24H33NS/c1-3-5-7-9-13-19-15-11-17-21-23(19)26-24-20(14-10-8-6-4-2)16-12-18-22(24)25-21/h11-12,15-18,25H,3-10,13-14H2,1-2H3. The molecule has 1 N–H and O–H groups in total. The Labute approximate surface area is 164 Å². The molecule has 1 aliphatic rings. The number of unbranched alkanes of at least 4 members (excludes halogenated alkanes) is 6. The van der Waals surface area contributed by atoms with Crippen LogP contribution in [0.4, 0.5) is 11.4 Å². The number of nitrogens with one attached hydrogen (secondary N) is 1. The molecule has 0 bridgehead atoms. The largest absolute Gasteiger partial charge is 0.354 e. The lowest BCUT2D eigenvalue weighted by atomic mass is 10.0. The van der Waals surface area contributed by atoms with E-state index in [0.29, 0.717) is 0 Å². The monoisotopic (exact) mass is 367 g/mol. The van der Waals surface area contributed by atoms with Crippen LogP contribution in [0.2, 0.25) is 0 Å². The van der Waals surface area contributed by atoms with Gasteiger partial charge in [-0.1, -0.05) is 88.4 Å². The van der Waals surface area contributed by atoms with Gasteiger partial charge in [-0.3, -0.25) is 0 Å². The summed E-state index contributed by atoms with van der Waals surface area (Å²) in [6, 6.07) is 13.5. The maximum absolute atomic E-state index is 3.70. The summed E-state index contributed by atoms with van der Waals surface area (Å²) in [5.74, 6) is 0. The number of fused-ring (bicyclic) bond motifs is 2. The Hall–Kier alpha value is -1.41. The molecule has 1 nitrogen and oxygen atoms in total. The Morgan fingerprint density at radius 2 is 1.15 bits per heavy atom. The van der Waals surface area contributed by atoms with Gasteiger partial charge in [-0.25, -0.2) is 0 Å². The molecule has 26 heavy (non-hydrogen) atoms. The molecule has 0 aliphatic carbocycles. The Kier molecular flexibility index (Phi) is 7.49. The van der Waals surface area contributed by atoms with Crippen LogP contribution in [0, 0.1) is 0 Å². The zero-order chi connectivity index (χ0) is 18.2. The average molecular weight is 368 g/mol. The number of aryl methyl sites for hydroxylation is 2. The molecule has 2 heteroatoms. The first kappa shape index (κ1) is 19.4. The second kappa shape index (κ2) is 10.1. The minimum Gasteiger partial charge on any atom is -0.354 e. The highest BCUT2D eigenvalue weighted by molar-refractivity contribution is 7.99. The minimum absolute atomic E-state index is 1.20. The van der Waals surface area contributed by atoms with Crippen molar-refractivity contribution in [2.24, 2.45) is 0 Å². The van der Waals surface area contributed by atoms with Crippen molar-refractivity contribution in [3.8, 4) is 0 Å². The van der Waals surface area contributed by atoms with E-state index in [4.69, 9.17) is 0 Å². The Morgan fingerprint density at radius 1 is 0.654 bits per heavy atom. The van der Waals surface area contributed by atoms with Crippen molar-refractivity contribution < 1.29 is 0 Å². The molecule has 3 rings (SSSR count). The van der Waals surface area contributed by atoms with Gasteiger partial charge in [0.2, 0.25) is 0 Å². The molecule has 140 valence electrons. The average Bonchev–Trinajstić information content (AvgIpc) is 2.67. The molecule has 0 saturated carbocycles. The van der Waals surface area contributed by atoms with Crippen molar-refractivity contribution in [3.05, 3.63) is 47.5 Å². The van der Waals surface area contributed by atoms with Crippen LogP contribution in [0.15, 0.2) is 46.2 Å². The van der Waals surface area contributed by atoms with E-state index in [-0.39, 0.29) is 0 Å². The van der Waals surface area contributed by atoms with Crippen LogP contribution in [-0.2, 0) is 12.8 Å². The lowest BCUT2D eigenvalue weighted by molar-refractivity contribution is 0.662. The van der Waals surface area contributed by atoms with E-state index < -0.39 is 0 Å². The second-order valence-corrected chi connectivity index (χ2v) is 8.46. The maximum Gasteiger partial charge on any atom is 0.0529 e. The van der Waals surface area contributed by atoms with Gasteiger partial charge in [0.25, 0.3) is 0 Å². The Bertz CT molecular complexity index is 648. The fourth-order valence-corrected chi connectivity index (χ4v) is 5.00. The summed E-state index contributed by atoms with van der Waals surface area (Å²) in [7, 11) is 0. The summed E-state index contributed by atoms with van der Waals surface area (Å²) in [5.41, 5.74) is 5.61. The topological polar surface area (TPSA) is 12.0 Å². The summed E-state index contributed by atoms with van der Waals surface area (Å²) >= 11 is 2.00. The Morgan fingerprint density at radius 3 is 1.62 bits per heavy atom. The summed E-state index contributed by atoms with van der Waals surface area (Å²) in [4.78, 5) is 2.91. The van der Waals surface area contributed by atoms with Crippen molar-refractivity contribution in [2.75, 3.05) is 5.32 Å². The van der Waals surface area contributed by atoms with E-state index in [1.165, 1.54) is 96.5 Å². The Balaban J connectivity index is 1.74. The number of hydrogen-bond acceptors (Lipinski definition) is 2. The van der Waals surface area contributed by atoms with Gasteiger partial charge in [0, 0.05) is 9.79 Å². The first-order valence-electron chi connectivity index (χ1n) is 10.5. The molecule has 0 unspecified atom stereocenters. The van der Waals surface area contributed by atoms with Gasteiger partial charge in [-0.05, 0) is 48.9 Å². The van der Waals surface area contributed by atoms with E-state index in [2.05, 4.69) is 55.6 Å². The molecule has 2 aromatic rings. The summed E-state index contributed by atoms with van der Waals surface area (Å²) in [5, 5.41) is 3.70. The molecule has 0 amide bonds. The summed E-state index contributed by atoms with van der Waals surface area (Å²) in [6.07, 6.45) is 13.0. The lowest BCUT2D eigenvalue weighted by Gasteiger charge is -2.25. The molecule has 0 radical (unpaired) electrons. The van der Waals surface area contributed by atoms with Crippen molar-refractivity contribution >= 4 is 23.1 Å². The normalized spacial score (nSPS) is 12.4. The van der Waals surface area contributed by atoms with Gasteiger partial charge in [0.1, 0.15) is 0 Å². The molecule has 0 fully saturated rings. The zero-order valence-corrected chi connectivity index (χ0v) is 17.3. The number of rotatable bonds is 10. The second-order valence-electron chi connectivity index (χ2n) is 7.44. The van der Waals surface area contributed by atoms with Gasteiger partial charge >= 0.3 is 0 Å². The molecule has 1 heterocycles. The molecule has 0 spiro atoms. The first-order chi connectivity index (χ1) is 12.8. The number of anilines is 2. The van der Waals surface area contributed by atoms with Crippen molar-refractivity contribution in [3.63, 3.8) is 0 Å². The predicted molar refractivity (Wildman–Crippen MR) is 116 cm³/mol. The van der Waals surface area contributed by atoms with Crippen molar-refractivity contribution in [1.29, 1.82) is 0 Å². The zero-order valence-electron chi connectivity index (χ0n) is 16.4. The van der Waals surface area contributed by atoms with Gasteiger partial charge in [0.15, 0.2) is 0 Å². The third-order valence-electron chi connectivity index (χ3n) is 5.27. The molecule has 0 aromatic heterocycles. The van der Waals surface area contributed by atoms with Gasteiger partial charge in [-0.15, -0.1) is 0 Å². The summed E-state index contributed by atoms with van der Waals surface area (Å²) < 4.78 is 0. The fraction of sp³-hybridized carbons (Fsp3) is 0.500. The van der Waals surface area contributed by atoms with Crippen LogP contribution in [0.1, 0.15) is 76.3 Å². The van der Waals surface area contributed by atoms with Crippen LogP contribution in [-0.4, -0.2) is 0 Å². The highest BCUT2D eigenvalue weighted by Crippen LogP contribution is 2.47. The fourth-order valence-electron chi connectivity index (χ4n) is 3.73. The van der Waals surface area contributed by atoms with E-state index >= 15 is 0 Å². The third-order valence-corrected chi connectivity index (χ3v) is 6.64.